The van der Waals surface area contributed by atoms with Gasteiger partial charge in [0.25, 0.3) is 5.91 Å². The van der Waals surface area contributed by atoms with Gasteiger partial charge in [0, 0.05) is 25.0 Å². The maximum atomic E-state index is 12.7. The average molecular weight is 459 g/mol. The quantitative estimate of drug-likeness (QED) is 0.562. The van der Waals surface area contributed by atoms with E-state index in [1.54, 1.807) is 47.4 Å². The second-order valence-electron chi connectivity index (χ2n) is 8.54. The first-order valence-corrected chi connectivity index (χ1v) is 11.6. The fraction of sp³-hybridized carbons (Fsp3) is 0.348. The Morgan fingerprint density at radius 1 is 1.12 bits per heavy atom. The van der Waals surface area contributed by atoms with E-state index in [4.69, 9.17) is 13.9 Å². The summed E-state index contributed by atoms with van der Waals surface area (Å²) in [5, 5.41) is 0.683. The topological polar surface area (TPSA) is 89.3 Å². The fourth-order valence-corrected chi connectivity index (χ4v) is 4.43. The van der Waals surface area contributed by atoms with Crippen molar-refractivity contribution in [3.8, 4) is 5.75 Å². The molecule has 0 bridgehead atoms. The number of nitrogens with zero attached hydrogens (tertiary/aromatic N) is 2. The van der Waals surface area contributed by atoms with Crippen LogP contribution in [0.25, 0.3) is 11.0 Å². The Labute approximate surface area is 187 Å². The monoisotopic (exact) mass is 458 g/mol. The van der Waals surface area contributed by atoms with Crippen molar-refractivity contribution in [2.24, 2.45) is 0 Å². The average Bonchev–Trinajstić information content (AvgIpc) is 3.33. The first-order valence-electron chi connectivity index (χ1n) is 10.2. The van der Waals surface area contributed by atoms with Gasteiger partial charge in [-0.1, -0.05) is 0 Å². The van der Waals surface area contributed by atoms with Crippen molar-refractivity contribution in [2.45, 2.75) is 30.9 Å². The number of benzene rings is 2. The van der Waals surface area contributed by atoms with Crippen molar-refractivity contribution < 1.29 is 27.1 Å². The third-order valence-corrected chi connectivity index (χ3v) is 7.26. The van der Waals surface area contributed by atoms with Crippen molar-refractivity contribution in [1.82, 2.24) is 9.21 Å². The summed E-state index contributed by atoms with van der Waals surface area (Å²) in [4.78, 5) is 14.7. The molecule has 170 valence electrons. The van der Waals surface area contributed by atoms with E-state index in [-0.39, 0.29) is 29.7 Å². The van der Waals surface area contributed by atoms with E-state index in [2.05, 4.69) is 0 Å². The van der Waals surface area contributed by atoms with Gasteiger partial charge in [-0.05, 0) is 62.4 Å². The second-order valence-corrected chi connectivity index (χ2v) is 10.7. The lowest BCUT2D eigenvalue weighted by molar-refractivity contribution is 0.0605. The number of hydrogen-bond donors (Lipinski definition) is 0. The zero-order chi connectivity index (χ0) is 23.1. The fourth-order valence-electron chi connectivity index (χ4n) is 3.50. The molecule has 1 saturated heterocycles. The molecule has 0 saturated carbocycles. The highest BCUT2D eigenvalue weighted by atomic mass is 32.2. The molecule has 1 aliphatic heterocycles. The second kappa shape index (κ2) is 8.23. The minimum atomic E-state index is -3.52. The molecule has 1 aromatic heterocycles. The summed E-state index contributed by atoms with van der Waals surface area (Å²) < 4.78 is 42.8. The third kappa shape index (κ3) is 4.23. The number of sulfonamides is 1. The predicted molar refractivity (Wildman–Crippen MR) is 119 cm³/mol. The summed E-state index contributed by atoms with van der Waals surface area (Å²) in [6.45, 7) is 4.92. The molecule has 32 heavy (non-hydrogen) atoms. The van der Waals surface area contributed by atoms with E-state index in [9.17, 15) is 13.2 Å². The first-order chi connectivity index (χ1) is 15.1. The van der Waals surface area contributed by atoms with Gasteiger partial charge < -0.3 is 18.8 Å². The number of furan rings is 1. The van der Waals surface area contributed by atoms with Crippen molar-refractivity contribution in [3.63, 3.8) is 0 Å². The molecule has 9 heteroatoms. The molecular formula is C23H26N2O6S. The summed E-state index contributed by atoms with van der Waals surface area (Å²) in [5.41, 5.74) is 0.811. The zero-order valence-corrected chi connectivity index (χ0v) is 19.3. The molecule has 1 fully saturated rings. The number of carbonyl (C=O) groups excluding carboxylic acids is 1. The van der Waals surface area contributed by atoms with Crippen LogP contribution in [0, 0.1) is 0 Å². The van der Waals surface area contributed by atoms with Gasteiger partial charge in [0.15, 0.2) is 0 Å². The molecule has 1 aliphatic rings. The number of carbonyl (C=O) groups is 1. The standard InChI is InChI=1S/C23H26N2O6S/c1-23(2)14-29-15-25(23)22(26)16-5-7-18(8-6-16)30-13-19-11-17-12-20(9-10-21(17)31-19)32(27,28)24(3)4/h5-12H,13-15H2,1-4H3. The molecule has 0 radical (unpaired) electrons. The molecule has 3 aromatic rings. The van der Waals surface area contributed by atoms with E-state index in [1.807, 2.05) is 13.8 Å². The number of fused-ring (bicyclic) bond motifs is 1. The molecule has 2 heterocycles. The molecular weight excluding hydrogens is 432 g/mol. The predicted octanol–water partition coefficient (Wildman–Crippen LogP) is 3.47. The van der Waals surface area contributed by atoms with Crippen LogP contribution in [0.3, 0.4) is 0 Å². The van der Waals surface area contributed by atoms with Gasteiger partial charge in [0.2, 0.25) is 10.0 Å². The Kier molecular flexibility index (Phi) is 5.74. The maximum Gasteiger partial charge on any atom is 0.256 e. The van der Waals surface area contributed by atoms with E-state index in [0.717, 1.165) is 0 Å². The Morgan fingerprint density at radius 2 is 1.84 bits per heavy atom. The summed E-state index contributed by atoms with van der Waals surface area (Å²) in [5.74, 6) is 1.07. The Bertz CT molecular complexity index is 1250. The zero-order valence-electron chi connectivity index (χ0n) is 18.5. The van der Waals surface area contributed by atoms with E-state index in [1.165, 1.54) is 24.5 Å². The van der Waals surface area contributed by atoms with Crippen molar-refractivity contribution >= 4 is 26.9 Å². The van der Waals surface area contributed by atoms with Gasteiger partial charge >= 0.3 is 0 Å². The largest absolute Gasteiger partial charge is 0.486 e. The van der Waals surface area contributed by atoms with Crippen LogP contribution in [0.5, 0.6) is 5.75 Å². The van der Waals surface area contributed by atoms with Gasteiger partial charge in [0.05, 0.1) is 17.0 Å². The van der Waals surface area contributed by atoms with Crippen LogP contribution >= 0.6 is 0 Å². The number of rotatable bonds is 6. The maximum absolute atomic E-state index is 12.7. The van der Waals surface area contributed by atoms with Crippen molar-refractivity contribution in [3.05, 3.63) is 59.9 Å². The minimum Gasteiger partial charge on any atom is -0.486 e. The highest BCUT2D eigenvalue weighted by molar-refractivity contribution is 7.89. The lowest BCUT2D eigenvalue weighted by atomic mass is 10.0. The molecule has 0 N–H and O–H groups in total. The van der Waals surface area contributed by atoms with Gasteiger partial charge in [-0.2, -0.15) is 0 Å². The Hall–Kier alpha value is -2.88. The van der Waals surface area contributed by atoms with Crippen molar-refractivity contribution in [2.75, 3.05) is 27.4 Å². The molecule has 8 nitrogen and oxygen atoms in total. The lowest BCUT2D eigenvalue weighted by Gasteiger charge is -2.29. The SMILES string of the molecule is CN(C)S(=O)(=O)c1ccc2oc(COc3ccc(C(=O)N4COCC4(C)C)cc3)cc2c1. The van der Waals surface area contributed by atoms with Gasteiger partial charge in [-0.25, -0.2) is 12.7 Å². The highest BCUT2D eigenvalue weighted by Gasteiger charge is 2.36. The van der Waals surface area contributed by atoms with Crippen LogP contribution in [-0.2, 0) is 21.4 Å². The van der Waals surface area contributed by atoms with E-state index in [0.29, 0.717) is 34.6 Å². The number of ether oxygens (including phenoxy) is 2. The number of hydrogen-bond acceptors (Lipinski definition) is 6. The molecule has 0 unspecified atom stereocenters. The molecule has 1 amide bonds. The normalized spacial score (nSPS) is 16.1. The van der Waals surface area contributed by atoms with E-state index < -0.39 is 10.0 Å². The lowest BCUT2D eigenvalue weighted by Crippen LogP contribution is -2.44. The smallest absolute Gasteiger partial charge is 0.256 e. The van der Waals surface area contributed by atoms with Gasteiger partial charge in [-0.3, -0.25) is 4.79 Å². The minimum absolute atomic E-state index is 0.0835. The van der Waals surface area contributed by atoms with Crippen LogP contribution in [-0.4, -0.2) is 56.5 Å². The van der Waals surface area contributed by atoms with Crippen LogP contribution in [0.2, 0.25) is 0 Å². The first kappa shape index (κ1) is 22.3. The molecule has 0 aliphatic carbocycles. The Morgan fingerprint density at radius 3 is 2.47 bits per heavy atom. The van der Waals surface area contributed by atoms with Crippen LogP contribution in [0.4, 0.5) is 0 Å². The molecule has 0 atom stereocenters. The number of amides is 1. The van der Waals surface area contributed by atoms with Crippen LogP contribution < -0.4 is 4.74 Å². The van der Waals surface area contributed by atoms with Gasteiger partial charge in [-0.15, -0.1) is 0 Å². The van der Waals surface area contributed by atoms with Gasteiger partial charge in [0.1, 0.15) is 30.4 Å². The van der Waals surface area contributed by atoms with Crippen molar-refractivity contribution in [1.29, 1.82) is 0 Å². The third-order valence-electron chi connectivity index (χ3n) is 5.45. The summed E-state index contributed by atoms with van der Waals surface area (Å²) in [6.07, 6.45) is 0. The molecule has 4 rings (SSSR count). The van der Waals surface area contributed by atoms with Crippen LogP contribution in [0.15, 0.2) is 57.8 Å². The summed E-state index contributed by atoms with van der Waals surface area (Å²) >= 11 is 0. The summed E-state index contributed by atoms with van der Waals surface area (Å²) in [7, 11) is -0.532. The molecule has 0 spiro atoms. The summed E-state index contributed by atoms with van der Waals surface area (Å²) in [6, 6.07) is 13.4. The van der Waals surface area contributed by atoms with E-state index >= 15 is 0 Å². The molecule has 2 aromatic carbocycles. The Balaban J connectivity index is 1.44. The highest BCUT2D eigenvalue weighted by Crippen LogP contribution is 2.26. The van der Waals surface area contributed by atoms with Crippen LogP contribution in [0.1, 0.15) is 30.0 Å².